The summed E-state index contributed by atoms with van der Waals surface area (Å²) in [4.78, 5) is 26.1. The first kappa shape index (κ1) is 21.8. The largest absolute Gasteiger partial charge is 0.416 e. The molecule has 30 heavy (non-hydrogen) atoms. The smallest absolute Gasteiger partial charge is 0.355 e. The predicted molar refractivity (Wildman–Crippen MR) is 103 cm³/mol. The Bertz CT molecular complexity index is 897. The van der Waals surface area contributed by atoms with Crippen LogP contribution >= 0.6 is 0 Å². The van der Waals surface area contributed by atoms with Gasteiger partial charge in [-0.1, -0.05) is 30.3 Å². The monoisotopic (exact) mass is 422 g/mol. The molecule has 3 rings (SSSR count). The Morgan fingerprint density at radius 1 is 1.10 bits per heavy atom. The van der Waals surface area contributed by atoms with Crippen molar-refractivity contribution in [2.75, 3.05) is 13.1 Å². The van der Waals surface area contributed by atoms with Crippen LogP contribution in [0.1, 0.15) is 29.5 Å². The van der Waals surface area contributed by atoms with Gasteiger partial charge in [-0.15, -0.1) is 0 Å². The van der Waals surface area contributed by atoms with E-state index in [1.807, 2.05) is 0 Å². The van der Waals surface area contributed by atoms with E-state index >= 15 is 0 Å². The average molecular weight is 422 g/mol. The summed E-state index contributed by atoms with van der Waals surface area (Å²) < 4.78 is 51.7. The Labute approximate surface area is 171 Å². The summed E-state index contributed by atoms with van der Waals surface area (Å²) in [6.07, 6.45) is -3.35. The van der Waals surface area contributed by atoms with Gasteiger partial charge in [0.2, 0.25) is 11.8 Å². The van der Waals surface area contributed by atoms with Crippen molar-refractivity contribution in [1.29, 1.82) is 0 Å². The van der Waals surface area contributed by atoms with Crippen molar-refractivity contribution in [3.05, 3.63) is 71.0 Å². The molecule has 160 valence electrons. The van der Waals surface area contributed by atoms with Crippen LogP contribution in [-0.4, -0.2) is 29.8 Å². The van der Waals surface area contributed by atoms with E-state index < -0.39 is 23.5 Å². The number of carbonyl (C=O) groups excluding carboxylic acids is 2. The molecular formula is C22H22F4N2O2. The summed E-state index contributed by atoms with van der Waals surface area (Å²) in [7, 11) is 0. The molecule has 1 fully saturated rings. The highest BCUT2D eigenvalue weighted by molar-refractivity contribution is 5.83. The minimum atomic E-state index is -4.38. The molecule has 2 aromatic carbocycles. The van der Waals surface area contributed by atoms with E-state index in [0.29, 0.717) is 24.0 Å². The zero-order valence-corrected chi connectivity index (χ0v) is 16.2. The lowest BCUT2D eigenvalue weighted by Gasteiger charge is -2.32. The van der Waals surface area contributed by atoms with Gasteiger partial charge in [-0.25, -0.2) is 4.39 Å². The highest BCUT2D eigenvalue weighted by Gasteiger charge is 2.31. The Morgan fingerprint density at radius 2 is 1.80 bits per heavy atom. The molecule has 0 unspecified atom stereocenters. The molecule has 0 radical (unpaired) electrons. The fourth-order valence-corrected chi connectivity index (χ4v) is 3.45. The van der Waals surface area contributed by atoms with Gasteiger partial charge < -0.3 is 10.2 Å². The van der Waals surface area contributed by atoms with Gasteiger partial charge in [0.1, 0.15) is 5.82 Å². The molecule has 0 saturated carbocycles. The number of piperidine rings is 1. The molecule has 1 N–H and O–H groups in total. The molecule has 1 aliphatic heterocycles. The van der Waals surface area contributed by atoms with Gasteiger partial charge in [0.15, 0.2) is 0 Å². The van der Waals surface area contributed by atoms with Crippen LogP contribution in [-0.2, 0) is 28.7 Å². The molecule has 1 atom stereocenters. The fourth-order valence-electron chi connectivity index (χ4n) is 3.45. The molecule has 1 saturated heterocycles. The Kier molecular flexibility index (Phi) is 6.74. The molecular weight excluding hydrogens is 400 g/mol. The number of hydrogen-bond acceptors (Lipinski definition) is 2. The van der Waals surface area contributed by atoms with Gasteiger partial charge in [-0.2, -0.15) is 13.2 Å². The number of rotatable bonds is 6. The molecule has 8 heteroatoms. The molecule has 1 aliphatic rings. The standard InChI is InChI=1S/C22H22F4N2O2/c23-19-4-2-1-3-16(19)13-28-14-17(7-10-20(28)29)21(30)27-12-11-15-5-8-18(9-6-15)22(24,25)26/h1-6,8-9,17H,7,10-14H2,(H,27,30)/t17-/m0/s1. The number of likely N-dealkylation sites (tertiary alicyclic amines) is 1. The maximum absolute atomic E-state index is 13.9. The molecule has 2 aromatic rings. The Balaban J connectivity index is 1.50. The molecule has 4 nitrogen and oxygen atoms in total. The summed E-state index contributed by atoms with van der Waals surface area (Å²) >= 11 is 0. The maximum atomic E-state index is 13.9. The Morgan fingerprint density at radius 3 is 2.47 bits per heavy atom. The topological polar surface area (TPSA) is 49.4 Å². The van der Waals surface area contributed by atoms with Crippen molar-refractivity contribution >= 4 is 11.8 Å². The van der Waals surface area contributed by atoms with Gasteiger partial charge in [0, 0.05) is 31.6 Å². The number of nitrogens with zero attached hydrogens (tertiary/aromatic N) is 1. The summed E-state index contributed by atoms with van der Waals surface area (Å²) in [5.41, 5.74) is 0.370. The van der Waals surface area contributed by atoms with Crippen LogP contribution in [0.15, 0.2) is 48.5 Å². The van der Waals surface area contributed by atoms with Crippen molar-refractivity contribution in [3.63, 3.8) is 0 Å². The van der Waals surface area contributed by atoms with Gasteiger partial charge >= 0.3 is 6.18 Å². The number of halogens is 4. The summed E-state index contributed by atoms with van der Waals surface area (Å²) in [5.74, 6) is -1.13. The molecule has 0 aliphatic carbocycles. The van der Waals surface area contributed by atoms with E-state index in [4.69, 9.17) is 0 Å². The molecule has 0 bridgehead atoms. The van der Waals surface area contributed by atoms with Gasteiger partial charge in [-0.3, -0.25) is 9.59 Å². The van der Waals surface area contributed by atoms with Crippen LogP contribution in [0, 0.1) is 11.7 Å². The molecule has 0 aromatic heterocycles. The van der Waals surface area contributed by atoms with E-state index in [-0.39, 0.29) is 37.9 Å². The van der Waals surface area contributed by atoms with Crippen molar-refractivity contribution in [2.24, 2.45) is 5.92 Å². The number of hydrogen-bond donors (Lipinski definition) is 1. The molecule has 1 heterocycles. The predicted octanol–water partition coefficient (Wildman–Crippen LogP) is 3.94. The highest BCUT2D eigenvalue weighted by atomic mass is 19.4. The normalized spacial score (nSPS) is 17.1. The number of nitrogens with one attached hydrogen (secondary N) is 1. The number of alkyl halides is 3. The summed E-state index contributed by atoms with van der Waals surface area (Å²) in [6, 6.07) is 11.0. The van der Waals surface area contributed by atoms with Crippen LogP contribution < -0.4 is 5.32 Å². The molecule has 0 spiro atoms. The van der Waals surface area contributed by atoms with Crippen LogP contribution in [0.5, 0.6) is 0 Å². The van der Waals surface area contributed by atoms with Gasteiger partial charge in [-0.05, 0) is 36.6 Å². The van der Waals surface area contributed by atoms with E-state index in [1.54, 1.807) is 18.2 Å². The number of amides is 2. The van der Waals surface area contributed by atoms with Crippen LogP contribution in [0.4, 0.5) is 17.6 Å². The van der Waals surface area contributed by atoms with Crippen molar-refractivity contribution in [1.82, 2.24) is 10.2 Å². The average Bonchev–Trinajstić information content (AvgIpc) is 2.71. The van der Waals surface area contributed by atoms with Crippen LogP contribution in [0.2, 0.25) is 0 Å². The van der Waals surface area contributed by atoms with E-state index in [9.17, 15) is 27.2 Å². The lowest BCUT2D eigenvalue weighted by atomic mass is 9.96. The fraction of sp³-hybridized carbons (Fsp3) is 0.364. The zero-order valence-electron chi connectivity index (χ0n) is 16.2. The lowest BCUT2D eigenvalue weighted by Crippen LogP contribution is -2.45. The minimum Gasteiger partial charge on any atom is -0.355 e. The summed E-state index contributed by atoms with van der Waals surface area (Å²) in [5, 5.41) is 2.78. The first-order valence-corrected chi connectivity index (χ1v) is 9.69. The second-order valence-corrected chi connectivity index (χ2v) is 7.34. The maximum Gasteiger partial charge on any atom is 0.416 e. The van der Waals surface area contributed by atoms with Gasteiger partial charge in [0.25, 0.3) is 0 Å². The number of carbonyl (C=O) groups is 2. The third kappa shape index (κ3) is 5.58. The van der Waals surface area contributed by atoms with E-state index in [0.717, 1.165) is 12.1 Å². The van der Waals surface area contributed by atoms with Crippen molar-refractivity contribution < 1.29 is 27.2 Å². The lowest BCUT2D eigenvalue weighted by molar-refractivity contribution is -0.139. The van der Waals surface area contributed by atoms with Crippen molar-refractivity contribution in [3.8, 4) is 0 Å². The highest BCUT2D eigenvalue weighted by Crippen LogP contribution is 2.29. The summed E-state index contributed by atoms with van der Waals surface area (Å²) in [6.45, 7) is 0.599. The molecule has 2 amide bonds. The van der Waals surface area contributed by atoms with Crippen molar-refractivity contribution in [2.45, 2.75) is 32.0 Å². The SMILES string of the molecule is O=C(NCCc1ccc(C(F)(F)F)cc1)[C@H]1CCC(=O)N(Cc2ccccc2F)C1. The Hall–Kier alpha value is -2.90. The second kappa shape index (κ2) is 9.28. The third-order valence-electron chi connectivity index (χ3n) is 5.18. The number of benzene rings is 2. The third-order valence-corrected chi connectivity index (χ3v) is 5.18. The van der Waals surface area contributed by atoms with Gasteiger partial charge in [0.05, 0.1) is 11.5 Å². The van der Waals surface area contributed by atoms with Crippen LogP contribution in [0.25, 0.3) is 0 Å². The first-order valence-electron chi connectivity index (χ1n) is 9.69. The first-order chi connectivity index (χ1) is 14.2. The van der Waals surface area contributed by atoms with E-state index in [2.05, 4.69) is 5.32 Å². The van der Waals surface area contributed by atoms with E-state index in [1.165, 1.54) is 23.1 Å². The quantitative estimate of drug-likeness (QED) is 0.717. The second-order valence-electron chi connectivity index (χ2n) is 7.34. The van der Waals surface area contributed by atoms with Crippen LogP contribution in [0.3, 0.4) is 0 Å². The minimum absolute atomic E-state index is 0.112. The zero-order chi connectivity index (χ0) is 21.7.